The molecule has 1 aromatic heterocycles. The Labute approximate surface area is 126 Å². The molecule has 0 atom stereocenters. The van der Waals surface area contributed by atoms with Crippen molar-refractivity contribution >= 4 is 5.82 Å². The highest BCUT2D eigenvalue weighted by Crippen LogP contribution is 2.30. The Morgan fingerprint density at radius 1 is 1.05 bits per heavy atom. The van der Waals surface area contributed by atoms with E-state index in [1.807, 2.05) is 20.0 Å². The third-order valence-electron chi connectivity index (χ3n) is 3.33. The van der Waals surface area contributed by atoms with Crippen LogP contribution < -0.4 is 10.1 Å². The van der Waals surface area contributed by atoms with E-state index in [0.29, 0.717) is 11.7 Å². The lowest BCUT2D eigenvalue weighted by Gasteiger charge is -2.20. The van der Waals surface area contributed by atoms with E-state index in [9.17, 15) is 0 Å². The molecule has 1 N–H and O–H groups in total. The standard InChI is InChI=1S/C17H23N3O/c1-11-9-13(17(3,4)5)7-8-14(11)21-16-10-15(18-6)19-12(2)20-16/h7-10H,1-6H3,(H,18,19,20). The van der Waals surface area contributed by atoms with Crippen molar-refractivity contribution in [1.29, 1.82) is 0 Å². The number of nitrogens with one attached hydrogen (secondary N) is 1. The van der Waals surface area contributed by atoms with E-state index in [4.69, 9.17) is 4.74 Å². The summed E-state index contributed by atoms with van der Waals surface area (Å²) in [5, 5.41) is 3.01. The highest BCUT2D eigenvalue weighted by molar-refractivity contribution is 5.43. The summed E-state index contributed by atoms with van der Waals surface area (Å²) in [6, 6.07) is 8.08. The molecule has 0 fully saturated rings. The minimum atomic E-state index is 0.133. The molecular formula is C17H23N3O. The molecule has 2 rings (SSSR count). The topological polar surface area (TPSA) is 47.0 Å². The van der Waals surface area contributed by atoms with E-state index in [0.717, 1.165) is 17.1 Å². The van der Waals surface area contributed by atoms with Crippen LogP contribution in [0.3, 0.4) is 0 Å². The molecule has 1 heterocycles. The number of hydrogen-bond donors (Lipinski definition) is 1. The Morgan fingerprint density at radius 3 is 2.33 bits per heavy atom. The molecule has 0 bridgehead atoms. The number of anilines is 1. The van der Waals surface area contributed by atoms with Crippen molar-refractivity contribution < 1.29 is 4.74 Å². The Morgan fingerprint density at radius 2 is 1.76 bits per heavy atom. The van der Waals surface area contributed by atoms with Crippen LogP contribution in [-0.4, -0.2) is 17.0 Å². The van der Waals surface area contributed by atoms with E-state index in [2.05, 4.69) is 55.1 Å². The summed E-state index contributed by atoms with van der Waals surface area (Å²) < 4.78 is 5.91. The summed E-state index contributed by atoms with van der Waals surface area (Å²) in [7, 11) is 1.83. The molecule has 4 nitrogen and oxygen atoms in total. The minimum absolute atomic E-state index is 0.133. The fourth-order valence-corrected chi connectivity index (χ4v) is 2.06. The van der Waals surface area contributed by atoms with Gasteiger partial charge in [-0.05, 0) is 36.5 Å². The smallest absolute Gasteiger partial charge is 0.224 e. The van der Waals surface area contributed by atoms with Crippen LogP contribution in [-0.2, 0) is 5.41 Å². The first-order chi connectivity index (χ1) is 9.79. The molecule has 0 saturated carbocycles. The van der Waals surface area contributed by atoms with Crippen LogP contribution in [0.1, 0.15) is 37.7 Å². The maximum atomic E-state index is 5.91. The van der Waals surface area contributed by atoms with Crippen LogP contribution in [0.4, 0.5) is 5.82 Å². The van der Waals surface area contributed by atoms with Crippen molar-refractivity contribution in [3.8, 4) is 11.6 Å². The predicted octanol–water partition coefficient (Wildman–Crippen LogP) is 4.22. The van der Waals surface area contributed by atoms with Crippen LogP contribution >= 0.6 is 0 Å². The minimum Gasteiger partial charge on any atom is -0.439 e. The number of aromatic nitrogens is 2. The van der Waals surface area contributed by atoms with Gasteiger partial charge in [-0.3, -0.25) is 0 Å². The molecule has 0 aliphatic rings. The van der Waals surface area contributed by atoms with Crippen molar-refractivity contribution in [3.05, 3.63) is 41.2 Å². The van der Waals surface area contributed by atoms with Gasteiger partial charge in [-0.1, -0.05) is 32.9 Å². The van der Waals surface area contributed by atoms with Gasteiger partial charge in [0.25, 0.3) is 0 Å². The Bertz CT molecular complexity index is 645. The monoisotopic (exact) mass is 285 g/mol. The zero-order chi connectivity index (χ0) is 15.6. The van der Waals surface area contributed by atoms with E-state index in [1.54, 1.807) is 6.07 Å². The van der Waals surface area contributed by atoms with Gasteiger partial charge in [0.2, 0.25) is 5.88 Å². The van der Waals surface area contributed by atoms with Gasteiger partial charge in [-0.2, -0.15) is 4.98 Å². The van der Waals surface area contributed by atoms with Crippen LogP contribution in [0.15, 0.2) is 24.3 Å². The summed E-state index contributed by atoms with van der Waals surface area (Å²) in [4.78, 5) is 8.58. The SMILES string of the molecule is CNc1cc(Oc2ccc(C(C)(C)C)cc2C)nc(C)n1. The van der Waals surface area contributed by atoms with Crippen molar-refractivity contribution in [1.82, 2.24) is 9.97 Å². The number of aryl methyl sites for hydroxylation is 2. The lowest BCUT2D eigenvalue weighted by Crippen LogP contribution is -2.11. The van der Waals surface area contributed by atoms with Gasteiger partial charge in [0, 0.05) is 13.1 Å². The first kappa shape index (κ1) is 15.3. The molecule has 0 aliphatic carbocycles. The molecule has 0 unspecified atom stereocenters. The molecule has 2 aromatic rings. The summed E-state index contributed by atoms with van der Waals surface area (Å²) in [5.41, 5.74) is 2.53. The van der Waals surface area contributed by atoms with Gasteiger partial charge >= 0.3 is 0 Å². The van der Waals surface area contributed by atoms with Gasteiger partial charge in [-0.25, -0.2) is 4.98 Å². The maximum Gasteiger partial charge on any atom is 0.224 e. The molecule has 0 amide bonds. The average molecular weight is 285 g/mol. The van der Waals surface area contributed by atoms with Crippen molar-refractivity contribution in [2.24, 2.45) is 0 Å². The fourth-order valence-electron chi connectivity index (χ4n) is 2.06. The quantitative estimate of drug-likeness (QED) is 0.917. The van der Waals surface area contributed by atoms with Crippen molar-refractivity contribution in [2.75, 3.05) is 12.4 Å². The molecule has 4 heteroatoms. The molecule has 0 saturated heterocycles. The molecule has 21 heavy (non-hydrogen) atoms. The second-order valence-electron chi connectivity index (χ2n) is 6.22. The van der Waals surface area contributed by atoms with Crippen LogP contribution in [0.5, 0.6) is 11.6 Å². The Kier molecular flexibility index (Phi) is 4.16. The molecule has 0 radical (unpaired) electrons. The molecule has 0 aliphatic heterocycles. The van der Waals surface area contributed by atoms with E-state index in [1.165, 1.54) is 5.56 Å². The summed E-state index contributed by atoms with van der Waals surface area (Å²) >= 11 is 0. The fraction of sp³-hybridized carbons (Fsp3) is 0.412. The van der Waals surface area contributed by atoms with Crippen molar-refractivity contribution in [2.45, 2.75) is 40.0 Å². The molecule has 0 spiro atoms. The van der Waals surface area contributed by atoms with E-state index in [-0.39, 0.29) is 5.41 Å². The van der Waals surface area contributed by atoms with Gasteiger partial charge < -0.3 is 10.1 Å². The number of ether oxygens (including phenoxy) is 1. The zero-order valence-electron chi connectivity index (χ0n) is 13.6. The molecular weight excluding hydrogens is 262 g/mol. The highest BCUT2D eigenvalue weighted by Gasteiger charge is 2.15. The number of nitrogens with zero attached hydrogens (tertiary/aromatic N) is 2. The van der Waals surface area contributed by atoms with Gasteiger partial charge in [0.15, 0.2) is 0 Å². The first-order valence-corrected chi connectivity index (χ1v) is 7.12. The number of rotatable bonds is 3. The zero-order valence-corrected chi connectivity index (χ0v) is 13.6. The number of hydrogen-bond acceptors (Lipinski definition) is 4. The van der Waals surface area contributed by atoms with Crippen LogP contribution in [0.25, 0.3) is 0 Å². The van der Waals surface area contributed by atoms with E-state index >= 15 is 0 Å². The Balaban J connectivity index is 2.30. The molecule has 1 aromatic carbocycles. The number of benzene rings is 1. The largest absolute Gasteiger partial charge is 0.439 e. The van der Waals surface area contributed by atoms with Gasteiger partial charge in [-0.15, -0.1) is 0 Å². The Hall–Kier alpha value is -2.10. The highest BCUT2D eigenvalue weighted by atomic mass is 16.5. The average Bonchev–Trinajstić information content (AvgIpc) is 2.39. The first-order valence-electron chi connectivity index (χ1n) is 7.12. The van der Waals surface area contributed by atoms with E-state index < -0.39 is 0 Å². The lowest BCUT2D eigenvalue weighted by atomic mass is 9.86. The third-order valence-corrected chi connectivity index (χ3v) is 3.33. The second-order valence-corrected chi connectivity index (χ2v) is 6.22. The van der Waals surface area contributed by atoms with Crippen molar-refractivity contribution in [3.63, 3.8) is 0 Å². The lowest BCUT2D eigenvalue weighted by molar-refractivity contribution is 0.456. The summed E-state index contributed by atoms with van der Waals surface area (Å²) in [5.74, 6) is 2.81. The maximum absolute atomic E-state index is 5.91. The predicted molar refractivity (Wildman–Crippen MR) is 86.3 cm³/mol. The molecule has 112 valence electrons. The van der Waals surface area contributed by atoms with Crippen LogP contribution in [0.2, 0.25) is 0 Å². The van der Waals surface area contributed by atoms with Crippen LogP contribution in [0, 0.1) is 13.8 Å². The van der Waals surface area contributed by atoms with Gasteiger partial charge in [0.05, 0.1) is 0 Å². The second kappa shape index (κ2) is 5.72. The summed E-state index contributed by atoms with van der Waals surface area (Å²) in [6.07, 6.45) is 0. The third kappa shape index (κ3) is 3.72. The van der Waals surface area contributed by atoms with Gasteiger partial charge in [0.1, 0.15) is 17.4 Å². The normalized spacial score (nSPS) is 11.3. The summed E-state index contributed by atoms with van der Waals surface area (Å²) in [6.45, 7) is 10.5.